The predicted molar refractivity (Wildman–Crippen MR) is 166 cm³/mol. The molecule has 6 rings (SSSR count). The molecule has 4 aromatic rings. The first kappa shape index (κ1) is 27.0. The van der Waals surface area contributed by atoms with Gasteiger partial charge in [-0.25, -0.2) is 0 Å². The number of thiocarbonyl (C=S) groups is 1. The second-order valence-corrected chi connectivity index (χ2v) is 11.2. The van der Waals surface area contributed by atoms with E-state index in [4.69, 9.17) is 21.9 Å². The van der Waals surface area contributed by atoms with E-state index < -0.39 is 0 Å². The highest BCUT2D eigenvalue weighted by Gasteiger charge is 2.42. The van der Waals surface area contributed by atoms with Crippen LogP contribution in [0.5, 0.6) is 5.75 Å². The van der Waals surface area contributed by atoms with Crippen LogP contribution in [-0.4, -0.2) is 27.2 Å². The number of hydrogen-bond acceptors (Lipinski definition) is 4. The highest BCUT2D eigenvalue weighted by Crippen LogP contribution is 2.45. The lowest BCUT2D eigenvalue weighted by Gasteiger charge is -2.28. The standard InChI is InChI=1S/C33H35N5O2S/c1-22-20-28(23(2)37(22)25-10-6-7-11-25)32-31(29-14-8-9-19-34-29)36-33(41)38(32)26-17-15-24(16-18-26)35-30(39)21-40-27-12-4-3-5-13-27/h3-5,8-9,12-20,25,31-32H,6-7,10-11,21H2,1-2H3,(H,35,39)(H,36,41)/t31-,32-/m1/s1. The molecule has 2 fully saturated rings. The maximum Gasteiger partial charge on any atom is 0.262 e. The van der Waals surface area contributed by atoms with E-state index in [2.05, 4.69) is 46.1 Å². The number of aryl methyl sites for hydroxylation is 1. The second kappa shape index (κ2) is 11.7. The topological polar surface area (TPSA) is 71.4 Å². The Bertz CT molecular complexity index is 1510. The van der Waals surface area contributed by atoms with Crippen molar-refractivity contribution in [3.05, 3.63) is 108 Å². The van der Waals surface area contributed by atoms with Gasteiger partial charge in [0.05, 0.1) is 17.8 Å². The van der Waals surface area contributed by atoms with E-state index in [0.717, 1.165) is 11.4 Å². The Labute approximate surface area is 246 Å². The van der Waals surface area contributed by atoms with Crippen LogP contribution in [0.15, 0.2) is 85.1 Å². The second-order valence-electron chi connectivity index (χ2n) is 10.8. The molecule has 1 saturated carbocycles. The number of pyridine rings is 1. The molecule has 2 aromatic carbocycles. The third-order valence-electron chi connectivity index (χ3n) is 8.17. The molecular formula is C33H35N5O2S. The Morgan fingerprint density at radius 3 is 2.46 bits per heavy atom. The summed E-state index contributed by atoms with van der Waals surface area (Å²) in [5.41, 5.74) is 6.45. The summed E-state index contributed by atoms with van der Waals surface area (Å²) >= 11 is 5.94. The normalized spacial score (nSPS) is 18.9. The van der Waals surface area contributed by atoms with Gasteiger partial charge in [-0.15, -0.1) is 0 Å². The van der Waals surface area contributed by atoms with Crippen molar-refractivity contribution in [1.29, 1.82) is 0 Å². The predicted octanol–water partition coefficient (Wildman–Crippen LogP) is 6.81. The fourth-order valence-corrected chi connectivity index (χ4v) is 6.69. The van der Waals surface area contributed by atoms with Gasteiger partial charge >= 0.3 is 0 Å². The molecule has 1 amide bonds. The lowest BCUT2D eigenvalue weighted by Crippen LogP contribution is -2.29. The number of hydrogen-bond donors (Lipinski definition) is 2. The molecule has 2 N–H and O–H groups in total. The first-order valence-corrected chi connectivity index (χ1v) is 14.7. The molecule has 0 bridgehead atoms. The van der Waals surface area contributed by atoms with Crippen LogP contribution in [0.2, 0.25) is 0 Å². The average Bonchev–Trinajstić information content (AvgIpc) is 3.71. The van der Waals surface area contributed by atoms with Crippen LogP contribution < -0.4 is 20.3 Å². The summed E-state index contributed by atoms with van der Waals surface area (Å²) in [5, 5.41) is 7.15. The molecule has 3 heterocycles. The van der Waals surface area contributed by atoms with E-state index in [-0.39, 0.29) is 24.6 Å². The Kier molecular flexibility index (Phi) is 7.74. The number of anilines is 2. The summed E-state index contributed by atoms with van der Waals surface area (Å²) in [5.74, 6) is 0.446. The van der Waals surface area contributed by atoms with E-state index in [1.807, 2.05) is 72.9 Å². The van der Waals surface area contributed by atoms with Gasteiger partial charge in [0.1, 0.15) is 5.75 Å². The summed E-state index contributed by atoms with van der Waals surface area (Å²) in [6, 6.07) is 25.9. The summed E-state index contributed by atoms with van der Waals surface area (Å²) in [4.78, 5) is 19.4. The van der Waals surface area contributed by atoms with Crippen LogP contribution in [0.4, 0.5) is 11.4 Å². The monoisotopic (exact) mass is 565 g/mol. The van der Waals surface area contributed by atoms with Crippen LogP contribution in [-0.2, 0) is 4.79 Å². The van der Waals surface area contributed by atoms with Crippen molar-refractivity contribution in [2.24, 2.45) is 0 Å². The Morgan fingerprint density at radius 2 is 1.76 bits per heavy atom. The van der Waals surface area contributed by atoms with Crippen molar-refractivity contribution in [2.75, 3.05) is 16.8 Å². The van der Waals surface area contributed by atoms with Gasteiger partial charge in [0.15, 0.2) is 11.7 Å². The first-order valence-electron chi connectivity index (χ1n) is 14.3. The molecule has 2 aromatic heterocycles. The minimum Gasteiger partial charge on any atom is -0.484 e. The van der Waals surface area contributed by atoms with Gasteiger partial charge in [0.25, 0.3) is 5.91 Å². The molecule has 41 heavy (non-hydrogen) atoms. The number of carbonyl (C=O) groups excluding carboxylic acids is 1. The van der Waals surface area contributed by atoms with Crippen molar-refractivity contribution >= 4 is 34.6 Å². The molecule has 8 heteroatoms. The van der Waals surface area contributed by atoms with E-state index in [1.165, 1.54) is 42.6 Å². The zero-order valence-electron chi connectivity index (χ0n) is 23.4. The van der Waals surface area contributed by atoms with Gasteiger partial charge in [-0.3, -0.25) is 9.78 Å². The molecule has 210 valence electrons. The maximum atomic E-state index is 12.5. The largest absolute Gasteiger partial charge is 0.484 e. The quantitative estimate of drug-likeness (QED) is 0.229. The highest BCUT2D eigenvalue weighted by atomic mass is 32.1. The van der Waals surface area contributed by atoms with E-state index in [0.29, 0.717) is 22.6 Å². The Morgan fingerprint density at radius 1 is 1.02 bits per heavy atom. The number of ether oxygens (including phenoxy) is 1. The van der Waals surface area contributed by atoms with Crippen molar-refractivity contribution < 1.29 is 9.53 Å². The number of amides is 1. The summed E-state index contributed by atoms with van der Waals surface area (Å²) in [7, 11) is 0. The summed E-state index contributed by atoms with van der Waals surface area (Å²) in [6.45, 7) is 4.40. The Balaban J connectivity index is 1.27. The Hall–Kier alpha value is -4.17. The zero-order chi connectivity index (χ0) is 28.3. The maximum absolute atomic E-state index is 12.5. The fourth-order valence-electron chi connectivity index (χ4n) is 6.34. The van der Waals surface area contributed by atoms with Gasteiger partial charge in [0, 0.05) is 35.0 Å². The van der Waals surface area contributed by atoms with Crippen LogP contribution in [0, 0.1) is 13.8 Å². The van der Waals surface area contributed by atoms with Crippen molar-refractivity contribution in [3.8, 4) is 5.75 Å². The van der Waals surface area contributed by atoms with Crippen molar-refractivity contribution in [2.45, 2.75) is 57.7 Å². The van der Waals surface area contributed by atoms with Crippen molar-refractivity contribution in [1.82, 2.24) is 14.9 Å². The first-order chi connectivity index (χ1) is 20.0. The van der Waals surface area contributed by atoms with E-state index >= 15 is 0 Å². The van der Waals surface area contributed by atoms with Gasteiger partial charge in [-0.1, -0.05) is 37.1 Å². The molecule has 0 unspecified atom stereocenters. The van der Waals surface area contributed by atoms with Crippen LogP contribution >= 0.6 is 12.2 Å². The minimum absolute atomic E-state index is 0.0592. The van der Waals surface area contributed by atoms with Crippen LogP contribution in [0.3, 0.4) is 0 Å². The SMILES string of the molecule is Cc1cc([C@@H]2[C@@H](c3ccccn3)NC(=S)N2c2ccc(NC(=O)COc3ccccc3)cc2)c(C)n1C1CCCC1. The van der Waals surface area contributed by atoms with Gasteiger partial charge in [0.2, 0.25) is 0 Å². The molecule has 1 saturated heterocycles. The number of carbonyl (C=O) groups is 1. The van der Waals surface area contributed by atoms with E-state index in [9.17, 15) is 4.79 Å². The van der Waals surface area contributed by atoms with Crippen molar-refractivity contribution in [3.63, 3.8) is 0 Å². The number of rotatable bonds is 8. The fraction of sp³-hybridized carbons (Fsp3) is 0.303. The molecule has 0 spiro atoms. The molecule has 2 atom stereocenters. The average molecular weight is 566 g/mol. The molecule has 1 aliphatic heterocycles. The summed E-state index contributed by atoms with van der Waals surface area (Å²) in [6.07, 6.45) is 6.87. The molecular weight excluding hydrogens is 530 g/mol. The number of aromatic nitrogens is 2. The third kappa shape index (κ3) is 5.57. The number of para-hydroxylation sites is 1. The molecule has 1 aliphatic carbocycles. The van der Waals surface area contributed by atoms with E-state index in [1.54, 1.807) is 0 Å². The lowest BCUT2D eigenvalue weighted by atomic mass is 9.96. The summed E-state index contributed by atoms with van der Waals surface area (Å²) < 4.78 is 8.12. The number of nitrogens with zero attached hydrogens (tertiary/aromatic N) is 3. The number of nitrogens with one attached hydrogen (secondary N) is 2. The van der Waals surface area contributed by atoms with Gasteiger partial charge in [-0.2, -0.15) is 0 Å². The number of benzene rings is 2. The lowest BCUT2D eigenvalue weighted by molar-refractivity contribution is -0.118. The van der Waals surface area contributed by atoms with Gasteiger partial charge < -0.3 is 24.8 Å². The molecule has 7 nitrogen and oxygen atoms in total. The minimum atomic E-state index is -0.215. The zero-order valence-corrected chi connectivity index (χ0v) is 24.2. The van der Waals surface area contributed by atoms with Gasteiger partial charge in [-0.05, 0) is 99.1 Å². The smallest absolute Gasteiger partial charge is 0.262 e. The highest BCUT2D eigenvalue weighted by molar-refractivity contribution is 7.80. The molecule has 2 aliphatic rings. The van der Waals surface area contributed by atoms with Crippen LogP contribution in [0.25, 0.3) is 0 Å². The molecule has 0 radical (unpaired) electrons. The third-order valence-corrected chi connectivity index (χ3v) is 8.49. The van der Waals surface area contributed by atoms with Crippen LogP contribution in [0.1, 0.15) is 66.5 Å².